The van der Waals surface area contributed by atoms with Crippen LogP contribution in [0, 0.1) is 12.7 Å². The minimum atomic E-state index is -4.76. The molecule has 106 valence electrons. The van der Waals surface area contributed by atoms with Gasteiger partial charge in [-0.15, -0.1) is 0 Å². The fraction of sp³-hybridized carbons (Fsp3) is 0.167. The molecule has 1 aromatic carbocycles. The number of alkyl halides is 3. The molecule has 20 heavy (non-hydrogen) atoms. The fourth-order valence-electron chi connectivity index (χ4n) is 1.54. The Labute approximate surface area is 111 Å². The smallest absolute Gasteiger partial charge is 0.368 e. The van der Waals surface area contributed by atoms with Gasteiger partial charge in [-0.3, -0.25) is 0 Å². The van der Waals surface area contributed by atoms with Crippen molar-refractivity contribution in [3.63, 3.8) is 0 Å². The first-order valence-corrected chi connectivity index (χ1v) is 5.50. The van der Waals surface area contributed by atoms with Crippen molar-refractivity contribution in [1.82, 2.24) is 9.97 Å². The van der Waals surface area contributed by atoms with Gasteiger partial charge in [-0.1, -0.05) is 0 Å². The van der Waals surface area contributed by atoms with Crippen molar-refractivity contribution in [1.29, 1.82) is 0 Å². The van der Waals surface area contributed by atoms with Crippen LogP contribution in [0.1, 0.15) is 11.1 Å². The van der Waals surface area contributed by atoms with Gasteiger partial charge in [-0.25, -0.2) is 9.37 Å². The average molecular weight is 286 g/mol. The van der Waals surface area contributed by atoms with E-state index in [-0.39, 0.29) is 17.5 Å². The van der Waals surface area contributed by atoms with Gasteiger partial charge in [0.1, 0.15) is 11.6 Å². The van der Waals surface area contributed by atoms with E-state index in [4.69, 9.17) is 5.73 Å². The maximum atomic E-state index is 13.2. The number of halogens is 4. The van der Waals surface area contributed by atoms with E-state index in [9.17, 15) is 17.6 Å². The van der Waals surface area contributed by atoms with Gasteiger partial charge in [0.2, 0.25) is 5.95 Å². The summed E-state index contributed by atoms with van der Waals surface area (Å²) in [5.41, 5.74) is 4.71. The SMILES string of the molecule is Cc1cnc(N)nc1Nc1ccc(F)c(C(F)(F)F)c1. The molecule has 0 atom stereocenters. The van der Waals surface area contributed by atoms with Crippen LogP contribution in [-0.4, -0.2) is 9.97 Å². The molecule has 0 saturated heterocycles. The van der Waals surface area contributed by atoms with E-state index in [1.807, 2.05) is 0 Å². The molecule has 1 aromatic heterocycles. The van der Waals surface area contributed by atoms with Crippen molar-refractivity contribution >= 4 is 17.5 Å². The fourth-order valence-corrected chi connectivity index (χ4v) is 1.54. The highest BCUT2D eigenvalue weighted by atomic mass is 19.4. The molecule has 0 spiro atoms. The standard InChI is InChI=1S/C12H10F4N4/c1-6-5-18-11(17)20-10(6)19-7-2-3-9(13)8(4-7)12(14,15)16/h2-5H,1H3,(H3,17,18,19,20). The lowest BCUT2D eigenvalue weighted by Crippen LogP contribution is -2.09. The van der Waals surface area contributed by atoms with Crippen LogP contribution in [0.25, 0.3) is 0 Å². The lowest BCUT2D eigenvalue weighted by atomic mass is 10.1. The third-order valence-corrected chi connectivity index (χ3v) is 2.52. The molecule has 2 rings (SSSR count). The molecular weight excluding hydrogens is 276 g/mol. The number of hydrogen-bond acceptors (Lipinski definition) is 4. The molecule has 2 aromatic rings. The number of anilines is 3. The summed E-state index contributed by atoms with van der Waals surface area (Å²) in [7, 11) is 0. The molecular formula is C12H10F4N4. The van der Waals surface area contributed by atoms with Crippen LogP contribution in [-0.2, 0) is 6.18 Å². The van der Waals surface area contributed by atoms with E-state index in [1.54, 1.807) is 6.92 Å². The molecule has 3 N–H and O–H groups in total. The Kier molecular flexibility index (Phi) is 3.47. The van der Waals surface area contributed by atoms with Gasteiger partial charge in [-0.2, -0.15) is 18.2 Å². The number of aryl methyl sites for hydroxylation is 1. The number of aromatic nitrogens is 2. The molecule has 8 heteroatoms. The summed E-state index contributed by atoms with van der Waals surface area (Å²) >= 11 is 0. The van der Waals surface area contributed by atoms with Gasteiger partial charge >= 0.3 is 6.18 Å². The monoisotopic (exact) mass is 286 g/mol. The molecule has 0 bridgehead atoms. The van der Waals surface area contributed by atoms with E-state index in [0.29, 0.717) is 11.6 Å². The van der Waals surface area contributed by atoms with Gasteiger partial charge in [-0.05, 0) is 25.1 Å². The van der Waals surface area contributed by atoms with E-state index in [1.165, 1.54) is 12.3 Å². The van der Waals surface area contributed by atoms with Crippen molar-refractivity contribution in [2.45, 2.75) is 13.1 Å². The molecule has 0 aliphatic carbocycles. The normalized spacial score (nSPS) is 11.4. The Hall–Kier alpha value is -2.38. The highest BCUT2D eigenvalue weighted by molar-refractivity contribution is 5.60. The molecule has 0 amide bonds. The van der Waals surface area contributed by atoms with Gasteiger partial charge in [0.05, 0.1) is 5.56 Å². The third-order valence-electron chi connectivity index (χ3n) is 2.52. The first-order valence-electron chi connectivity index (χ1n) is 5.50. The highest BCUT2D eigenvalue weighted by Gasteiger charge is 2.34. The predicted octanol–water partition coefficient (Wildman–Crippen LogP) is 3.27. The quantitative estimate of drug-likeness (QED) is 0.832. The van der Waals surface area contributed by atoms with E-state index >= 15 is 0 Å². The first-order chi connectivity index (χ1) is 9.27. The maximum Gasteiger partial charge on any atom is 0.419 e. The van der Waals surface area contributed by atoms with E-state index < -0.39 is 17.6 Å². The Balaban J connectivity index is 2.37. The molecule has 0 aliphatic rings. The minimum Gasteiger partial charge on any atom is -0.368 e. The van der Waals surface area contributed by atoms with Crippen LogP contribution in [0.15, 0.2) is 24.4 Å². The van der Waals surface area contributed by atoms with Crippen LogP contribution < -0.4 is 11.1 Å². The van der Waals surface area contributed by atoms with Gasteiger partial charge in [0.25, 0.3) is 0 Å². The van der Waals surface area contributed by atoms with Crippen LogP contribution in [0.4, 0.5) is 35.0 Å². The van der Waals surface area contributed by atoms with Crippen LogP contribution >= 0.6 is 0 Å². The van der Waals surface area contributed by atoms with Crippen molar-refractivity contribution < 1.29 is 17.6 Å². The molecule has 0 aliphatic heterocycles. The Morgan fingerprint density at radius 2 is 1.95 bits per heavy atom. The summed E-state index contributed by atoms with van der Waals surface area (Å²) < 4.78 is 50.9. The number of benzene rings is 1. The Morgan fingerprint density at radius 1 is 1.25 bits per heavy atom. The molecule has 1 heterocycles. The summed E-state index contributed by atoms with van der Waals surface area (Å²) in [5.74, 6) is -1.09. The summed E-state index contributed by atoms with van der Waals surface area (Å²) in [6, 6.07) is 2.60. The summed E-state index contributed by atoms with van der Waals surface area (Å²) in [4.78, 5) is 7.60. The highest BCUT2D eigenvalue weighted by Crippen LogP contribution is 2.33. The van der Waals surface area contributed by atoms with Crippen LogP contribution in [0.5, 0.6) is 0 Å². The third kappa shape index (κ3) is 2.95. The minimum absolute atomic E-state index is 0.0174. The van der Waals surface area contributed by atoms with Gasteiger partial charge < -0.3 is 11.1 Å². The maximum absolute atomic E-state index is 13.2. The van der Waals surface area contributed by atoms with Crippen molar-refractivity contribution in [3.8, 4) is 0 Å². The lowest BCUT2D eigenvalue weighted by Gasteiger charge is -2.12. The topological polar surface area (TPSA) is 63.8 Å². The van der Waals surface area contributed by atoms with Crippen molar-refractivity contribution in [2.75, 3.05) is 11.1 Å². The van der Waals surface area contributed by atoms with E-state index in [0.717, 1.165) is 6.07 Å². The molecule has 0 radical (unpaired) electrons. The van der Waals surface area contributed by atoms with Crippen molar-refractivity contribution in [3.05, 3.63) is 41.3 Å². The van der Waals surface area contributed by atoms with Crippen LogP contribution in [0.3, 0.4) is 0 Å². The largest absolute Gasteiger partial charge is 0.419 e. The lowest BCUT2D eigenvalue weighted by molar-refractivity contribution is -0.139. The second-order valence-electron chi connectivity index (χ2n) is 4.08. The Bertz CT molecular complexity index is 640. The number of rotatable bonds is 2. The molecule has 0 saturated carbocycles. The summed E-state index contributed by atoms with van der Waals surface area (Å²) in [5, 5.41) is 2.65. The zero-order valence-corrected chi connectivity index (χ0v) is 10.3. The molecule has 0 unspecified atom stereocenters. The summed E-state index contributed by atoms with van der Waals surface area (Å²) in [6.45, 7) is 1.66. The number of nitrogens with two attached hydrogens (primary N) is 1. The van der Waals surface area contributed by atoms with Gasteiger partial charge in [0, 0.05) is 17.4 Å². The first kappa shape index (κ1) is 14.0. The molecule has 0 fully saturated rings. The second-order valence-corrected chi connectivity index (χ2v) is 4.08. The van der Waals surface area contributed by atoms with Crippen LogP contribution in [0.2, 0.25) is 0 Å². The zero-order valence-electron chi connectivity index (χ0n) is 10.3. The number of nitrogens with one attached hydrogen (secondary N) is 1. The average Bonchev–Trinajstić information content (AvgIpc) is 2.35. The van der Waals surface area contributed by atoms with E-state index in [2.05, 4.69) is 15.3 Å². The molecule has 4 nitrogen and oxygen atoms in total. The Morgan fingerprint density at radius 3 is 2.60 bits per heavy atom. The number of nitrogen functional groups attached to an aromatic ring is 1. The second kappa shape index (κ2) is 4.95. The predicted molar refractivity (Wildman–Crippen MR) is 65.9 cm³/mol. The number of nitrogens with zero attached hydrogens (tertiary/aromatic N) is 2. The van der Waals surface area contributed by atoms with Crippen molar-refractivity contribution in [2.24, 2.45) is 0 Å². The zero-order chi connectivity index (χ0) is 14.9. The van der Waals surface area contributed by atoms with Gasteiger partial charge in [0.15, 0.2) is 0 Å². The number of hydrogen-bond donors (Lipinski definition) is 2. The summed E-state index contributed by atoms with van der Waals surface area (Å²) in [6.07, 6.45) is -3.33.